The molecule has 0 bridgehead atoms. The summed E-state index contributed by atoms with van der Waals surface area (Å²) in [5.41, 5.74) is 4.18. The number of nitrogens with zero attached hydrogens (tertiary/aromatic N) is 2. The van der Waals surface area contributed by atoms with Crippen LogP contribution in [-0.4, -0.2) is 23.0 Å². The topological polar surface area (TPSA) is 15.6 Å². The number of allylic oxidation sites excluding steroid dienone is 2. The second-order valence-corrected chi connectivity index (χ2v) is 6.72. The zero-order valence-corrected chi connectivity index (χ0v) is 13.6. The molecule has 0 atom stereocenters. The van der Waals surface area contributed by atoms with Gasteiger partial charge in [-0.15, -0.1) is 0 Å². The normalized spacial score (nSPS) is 17.6. The van der Waals surface area contributed by atoms with Crippen LogP contribution in [0.4, 0.5) is 0 Å². The van der Waals surface area contributed by atoms with Crippen molar-refractivity contribution in [1.29, 1.82) is 0 Å². The van der Waals surface area contributed by atoms with Crippen LogP contribution in [0.2, 0.25) is 0 Å². The minimum absolute atomic E-state index is 0.604. The standard InChI is InChI=1S/C18H22N2S/c1-14(2)16-8-5-15(6-9-16)7-10-17-4-3-11-20-12-13-21-19-18(17)20/h3-6,8-9,11,14H,7,10,12-13H2,1-2H3. The first kappa shape index (κ1) is 14.5. The maximum absolute atomic E-state index is 4.62. The highest BCUT2D eigenvalue weighted by molar-refractivity contribution is 7.98. The predicted octanol–water partition coefficient (Wildman–Crippen LogP) is 4.56. The van der Waals surface area contributed by atoms with Gasteiger partial charge in [0.05, 0.1) is 0 Å². The molecule has 3 rings (SSSR count). The van der Waals surface area contributed by atoms with E-state index in [-0.39, 0.29) is 0 Å². The van der Waals surface area contributed by atoms with E-state index in [4.69, 9.17) is 0 Å². The van der Waals surface area contributed by atoms with Crippen LogP contribution in [0.1, 0.15) is 37.3 Å². The Hall–Kier alpha value is -1.48. The lowest BCUT2D eigenvalue weighted by Gasteiger charge is -2.29. The van der Waals surface area contributed by atoms with Crippen molar-refractivity contribution in [2.24, 2.45) is 4.40 Å². The van der Waals surface area contributed by atoms with E-state index in [1.807, 2.05) is 0 Å². The van der Waals surface area contributed by atoms with Gasteiger partial charge in [-0.25, -0.2) is 0 Å². The van der Waals surface area contributed by atoms with Gasteiger partial charge in [0, 0.05) is 18.5 Å². The molecule has 1 aromatic carbocycles. The monoisotopic (exact) mass is 298 g/mol. The Kier molecular flexibility index (Phi) is 4.49. The first-order valence-electron chi connectivity index (χ1n) is 7.67. The van der Waals surface area contributed by atoms with Crippen molar-refractivity contribution in [1.82, 2.24) is 4.90 Å². The van der Waals surface area contributed by atoms with Gasteiger partial charge in [0.2, 0.25) is 0 Å². The van der Waals surface area contributed by atoms with Crippen LogP contribution in [0.15, 0.2) is 52.6 Å². The fourth-order valence-corrected chi connectivity index (χ4v) is 3.39. The van der Waals surface area contributed by atoms with Gasteiger partial charge >= 0.3 is 0 Å². The van der Waals surface area contributed by atoms with E-state index in [2.05, 4.69) is 65.8 Å². The fourth-order valence-electron chi connectivity index (χ4n) is 2.67. The van der Waals surface area contributed by atoms with Gasteiger partial charge in [0.1, 0.15) is 5.84 Å². The first-order valence-corrected chi connectivity index (χ1v) is 8.61. The zero-order valence-electron chi connectivity index (χ0n) is 12.7. The molecule has 0 spiro atoms. The number of amidine groups is 1. The molecule has 0 fully saturated rings. The van der Waals surface area contributed by atoms with Crippen molar-refractivity contribution in [2.75, 3.05) is 12.3 Å². The van der Waals surface area contributed by atoms with Crippen molar-refractivity contribution < 1.29 is 0 Å². The Labute approximate surface area is 131 Å². The van der Waals surface area contributed by atoms with Crippen LogP contribution >= 0.6 is 11.9 Å². The van der Waals surface area contributed by atoms with E-state index in [1.54, 1.807) is 11.9 Å². The Bertz CT molecular complexity index is 582. The first-order chi connectivity index (χ1) is 10.2. The van der Waals surface area contributed by atoms with Gasteiger partial charge in [0.15, 0.2) is 0 Å². The van der Waals surface area contributed by atoms with Crippen LogP contribution in [0, 0.1) is 0 Å². The summed E-state index contributed by atoms with van der Waals surface area (Å²) in [6.45, 7) is 5.55. The number of benzene rings is 1. The molecule has 2 nitrogen and oxygen atoms in total. The second-order valence-electron chi connectivity index (χ2n) is 5.87. The van der Waals surface area contributed by atoms with Crippen molar-refractivity contribution in [3.8, 4) is 0 Å². The van der Waals surface area contributed by atoms with Gasteiger partial charge in [-0.1, -0.05) is 44.2 Å². The van der Waals surface area contributed by atoms with Crippen LogP contribution in [0.25, 0.3) is 0 Å². The Morgan fingerprint density at radius 2 is 2.00 bits per heavy atom. The molecule has 0 saturated carbocycles. The second kappa shape index (κ2) is 6.52. The van der Waals surface area contributed by atoms with E-state index in [0.29, 0.717) is 5.92 Å². The minimum atomic E-state index is 0.604. The average Bonchev–Trinajstić information content (AvgIpc) is 2.53. The molecule has 2 aliphatic rings. The van der Waals surface area contributed by atoms with Gasteiger partial charge in [-0.2, -0.15) is 4.40 Å². The summed E-state index contributed by atoms with van der Waals surface area (Å²) >= 11 is 1.68. The van der Waals surface area contributed by atoms with E-state index in [9.17, 15) is 0 Å². The van der Waals surface area contributed by atoms with Crippen molar-refractivity contribution in [2.45, 2.75) is 32.6 Å². The van der Waals surface area contributed by atoms with Gasteiger partial charge < -0.3 is 4.90 Å². The van der Waals surface area contributed by atoms with E-state index in [1.165, 1.54) is 16.7 Å². The van der Waals surface area contributed by atoms with Gasteiger partial charge in [-0.05, 0) is 53.5 Å². The predicted molar refractivity (Wildman–Crippen MR) is 92.7 cm³/mol. The molecule has 2 aliphatic heterocycles. The Morgan fingerprint density at radius 1 is 1.19 bits per heavy atom. The molecule has 1 aromatic rings. The summed E-state index contributed by atoms with van der Waals surface area (Å²) in [5.74, 6) is 2.84. The highest BCUT2D eigenvalue weighted by atomic mass is 32.2. The number of fused-ring (bicyclic) bond motifs is 1. The van der Waals surface area contributed by atoms with Crippen LogP contribution in [0.3, 0.4) is 0 Å². The molecule has 21 heavy (non-hydrogen) atoms. The quantitative estimate of drug-likeness (QED) is 0.757. The summed E-state index contributed by atoms with van der Waals surface area (Å²) in [6, 6.07) is 9.05. The molecule has 0 unspecified atom stereocenters. The summed E-state index contributed by atoms with van der Waals surface area (Å²) in [5, 5.41) is 0. The van der Waals surface area contributed by atoms with Gasteiger partial charge in [0.25, 0.3) is 0 Å². The lowest BCUT2D eigenvalue weighted by Crippen LogP contribution is -2.33. The lowest BCUT2D eigenvalue weighted by atomic mass is 9.98. The molecule has 3 heteroatoms. The highest BCUT2D eigenvalue weighted by Crippen LogP contribution is 2.24. The largest absolute Gasteiger partial charge is 0.331 e. The van der Waals surface area contributed by atoms with Crippen molar-refractivity contribution >= 4 is 17.8 Å². The zero-order chi connectivity index (χ0) is 14.7. The van der Waals surface area contributed by atoms with Crippen molar-refractivity contribution in [3.05, 3.63) is 59.3 Å². The minimum Gasteiger partial charge on any atom is -0.331 e. The van der Waals surface area contributed by atoms with Crippen LogP contribution in [-0.2, 0) is 6.42 Å². The molecular formula is C18H22N2S. The highest BCUT2D eigenvalue weighted by Gasteiger charge is 2.19. The molecule has 110 valence electrons. The molecule has 0 amide bonds. The molecule has 0 aromatic heterocycles. The number of hydrogen-bond donors (Lipinski definition) is 0. The third-order valence-electron chi connectivity index (χ3n) is 4.03. The Morgan fingerprint density at radius 3 is 2.76 bits per heavy atom. The third kappa shape index (κ3) is 3.41. The summed E-state index contributed by atoms with van der Waals surface area (Å²) in [7, 11) is 0. The fraction of sp³-hybridized carbons (Fsp3) is 0.389. The Balaban J connectivity index is 1.65. The number of aryl methyl sites for hydroxylation is 1. The van der Waals surface area contributed by atoms with Crippen LogP contribution in [0.5, 0.6) is 0 Å². The molecule has 2 heterocycles. The number of rotatable bonds is 4. The summed E-state index contributed by atoms with van der Waals surface area (Å²) in [4.78, 5) is 2.27. The molecular weight excluding hydrogens is 276 g/mol. The van der Waals surface area contributed by atoms with E-state index in [0.717, 1.165) is 31.0 Å². The third-order valence-corrected chi connectivity index (χ3v) is 4.69. The molecule has 0 radical (unpaired) electrons. The van der Waals surface area contributed by atoms with E-state index >= 15 is 0 Å². The number of hydrogen-bond acceptors (Lipinski definition) is 3. The molecule has 0 N–H and O–H groups in total. The van der Waals surface area contributed by atoms with E-state index < -0.39 is 0 Å². The molecule has 0 aliphatic carbocycles. The van der Waals surface area contributed by atoms with Crippen molar-refractivity contribution in [3.63, 3.8) is 0 Å². The smallest absolute Gasteiger partial charge is 0.143 e. The van der Waals surface area contributed by atoms with Gasteiger partial charge in [-0.3, -0.25) is 0 Å². The lowest BCUT2D eigenvalue weighted by molar-refractivity contribution is 0.583. The average molecular weight is 298 g/mol. The summed E-state index contributed by atoms with van der Waals surface area (Å²) < 4.78 is 4.62. The summed E-state index contributed by atoms with van der Waals surface area (Å²) in [6.07, 6.45) is 8.63. The maximum Gasteiger partial charge on any atom is 0.143 e. The SMILES string of the molecule is CC(C)c1ccc(CCC2=CC=CN3CCSN=C23)cc1. The van der Waals surface area contributed by atoms with Crippen LogP contribution < -0.4 is 0 Å². The maximum atomic E-state index is 4.62. The molecule has 0 saturated heterocycles.